The number of carbonyl (C=O) groups is 1. The number of ether oxygens (including phenoxy) is 2. The lowest BCUT2D eigenvalue weighted by atomic mass is 10.4. The minimum atomic E-state index is -0.210. The van der Waals surface area contributed by atoms with Crippen molar-refractivity contribution < 1.29 is 14.3 Å². The van der Waals surface area contributed by atoms with Crippen molar-refractivity contribution in [2.45, 2.75) is 13.3 Å². The van der Waals surface area contributed by atoms with E-state index in [0.29, 0.717) is 13.2 Å². The Kier molecular flexibility index (Phi) is 8.70. The van der Waals surface area contributed by atoms with E-state index in [2.05, 4.69) is 15.4 Å². The molecule has 0 aromatic rings. The Morgan fingerprint density at radius 1 is 1.38 bits per heavy atom. The van der Waals surface area contributed by atoms with Crippen LogP contribution in [0.5, 0.6) is 0 Å². The highest BCUT2D eigenvalue weighted by Gasteiger charge is 1.96. The maximum absolute atomic E-state index is 10.9. The quantitative estimate of drug-likeness (QED) is 0.449. The van der Waals surface area contributed by atoms with Crippen LogP contribution in [0.1, 0.15) is 13.3 Å². The van der Waals surface area contributed by atoms with Gasteiger partial charge in [0.1, 0.15) is 6.73 Å². The second-order valence-electron chi connectivity index (χ2n) is 2.42. The highest BCUT2D eigenvalue weighted by Crippen LogP contribution is 1.79. The van der Waals surface area contributed by atoms with E-state index < -0.39 is 0 Å². The molecule has 2 N–H and O–H groups in total. The first-order chi connectivity index (χ1) is 6.31. The molecule has 0 aliphatic carbocycles. The van der Waals surface area contributed by atoms with Crippen molar-refractivity contribution in [3.05, 3.63) is 0 Å². The molecule has 0 aromatic heterocycles. The van der Waals surface area contributed by atoms with Gasteiger partial charge in [-0.3, -0.25) is 0 Å². The number of methoxy groups -OCH3 is 1. The van der Waals surface area contributed by atoms with Crippen LogP contribution >= 0.6 is 0 Å². The average Bonchev–Trinajstić information content (AvgIpc) is 2.14. The summed E-state index contributed by atoms with van der Waals surface area (Å²) < 4.78 is 9.76. The van der Waals surface area contributed by atoms with E-state index in [9.17, 15) is 4.79 Å². The molecule has 2 amide bonds. The normalized spacial score (nSPS) is 9.69. The molecular weight excluding hydrogens is 172 g/mol. The molecule has 0 aliphatic heterocycles. The molecule has 0 atom stereocenters. The van der Waals surface area contributed by atoms with E-state index in [-0.39, 0.29) is 12.8 Å². The Bertz CT molecular complexity index is 131. The van der Waals surface area contributed by atoms with Crippen molar-refractivity contribution in [3.8, 4) is 0 Å². The largest absolute Gasteiger partial charge is 0.382 e. The molecule has 0 spiro atoms. The van der Waals surface area contributed by atoms with E-state index in [1.807, 2.05) is 6.92 Å². The fourth-order valence-corrected chi connectivity index (χ4v) is 0.721. The number of urea groups is 1. The first kappa shape index (κ1) is 12.2. The van der Waals surface area contributed by atoms with E-state index in [1.165, 1.54) is 7.11 Å². The van der Waals surface area contributed by atoms with E-state index in [4.69, 9.17) is 4.74 Å². The zero-order valence-electron chi connectivity index (χ0n) is 8.26. The molecule has 0 fully saturated rings. The summed E-state index contributed by atoms with van der Waals surface area (Å²) in [6.45, 7) is 4.20. The molecule has 0 aromatic carbocycles. The van der Waals surface area contributed by atoms with Crippen LogP contribution in [0, 0.1) is 0 Å². The minimum Gasteiger partial charge on any atom is -0.382 e. The average molecular weight is 190 g/mol. The number of amides is 2. The highest BCUT2D eigenvalue weighted by molar-refractivity contribution is 5.73. The maximum Gasteiger partial charge on any atom is 0.316 e. The van der Waals surface area contributed by atoms with Gasteiger partial charge in [-0.15, -0.1) is 0 Å². The summed E-state index contributed by atoms with van der Waals surface area (Å²) in [7, 11) is 1.52. The van der Waals surface area contributed by atoms with Gasteiger partial charge in [0.2, 0.25) is 0 Å². The second-order valence-corrected chi connectivity index (χ2v) is 2.42. The Morgan fingerprint density at radius 2 is 2.15 bits per heavy atom. The van der Waals surface area contributed by atoms with Crippen LogP contribution in [0.4, 0.5) is 4.79 Å². The number of hydrogen-bond acceptors (Lipinski definition) is 3. The van der Waals surface area contributed by atoms with E-state index in [0.717, 1.165) is 13.0 Å². The van der Waals surface area contributed by atoms with Gasteiger partial charge in [0, 0.05) is 26.9 Å². The van der Waals surface area contributed by atoms with Crippen molar-refractivity contribution in [2.24, 2.45) is 0 Å². The molecule has 0 radical (unpaired) electrons. The predicted octanol–water partition coefficient (Wildman–Crippen LogP) is 0.316. The third-order valence-electron chi connectivity index (χ3n) is 1.33. The minimum absolute atomic E-state index is 0.210. The van der Waals surface area contributed by atoms with Crippen LogP contribution in [-0.2, 0) is 9.47 Å². The topological polar surface area (TPSA) is 59.6 Å². The van der Waals surface area contributed by atoms with Gasteiger partial charge in [-0.2, -0.15) is 0 Å². The fraction of sp³-hybridized carbons (Fsp3) is 0.875. The van der Waals surface area contributed by atoms with Crippen LogP contribution in [0.2, 0.25) is 0 Å². The zero-order valence-corrected chi connectivity index (χ0v) is 8.26. The fourth-order valence-electron chi connectivity index (χ4n) is 0.721. The Labute approximate surface area is 78.8 Å². The Balaban J connectivity index is 3.08. The number of rotatable bonds is 7. The van der Waals surface area contributed by atoms with E-state index >= 15 is 0 Å². The molecule has 13 heavy (non-hydrogen) atoms. The summed E-state index contributed by atoms with van der Waals surface area (Å²) in [5.74, 6) is 0. The summed E-state index contributed by atoms with van der Waals surface area (Å²) in [5.41, 5.74) is 0. The molecule has 78 valence electrons. The molecular formula is C8H18N2O3. The van der Waals surface area contributed by atoms with Gasteiger partial charge in [0.25, 0.3) is 0 Å². The third-order valence-corrected chi connectivity index (χ3v) is 1.33. The summed E-state index contributed by atoms with van der Waals surface area (Å²) in [6.07, 6.45) is 0.828. The van der Waals surface area contributed by atoms with Crippen molar-refractivity contribution in [3.63, 3.8) is 0 Å². The summed E-state index contributed by atoms with van der Waals surface area (Å²) in [6, 6.07) is -0.210. The number of carbonyl (C=O) groups excluding carboxylic acids is 1. The van der Waals surface area contributed by atoms with Crippen LogP contribution in [0.15, 0.2) is 0 Å². The lowest BCUT2D eigenvalue weighted by Gasteiger charge is -2.06. The predicted molar refractivity (Wildman–Crippen MR) is 49.5 cm³/mol. The van der Waals surface area contributed by atoms with Gasteiger partial charge < -0.3 is 20.1 Å². The maximum atomic E-state index is 10.9. The lowest BCUT2D eigenvalue weighted by molar-refractivity contribution is 0.144. The van der Waals surface area contributed by atoms with Gasteiger partial charge in [0.05, 0.1) is 0 Å². The molecule has 5 nitrogen and oxygen atoms in total. The molecule has 0 rings (SSSR count). The molecule has 0 saturated carbocycles. The van der Waals surface area contributed by atoms with Crippen LogP contribution in [-0.4, -0.2) is 39.6 Å². The Morgan fingerprint density at radius 3 is 2.77 bits per heavy atom. The summed E-state index contributed by atoms with van der Waals surface area (Å²) >= 11 is 0. The smallest absolute Gasteiger partial charge is 0.316 e. The summed E-state index contributed by atoms with van der Waals surface area (Å²) in [5, 5.41) is 5.18. The van der Waals surface area contributed by atoms with Gasteiger partial charge in [-0.25, -0.2) is 4.79 Å². The number of hydrogen-bond donors (Lipinski definition) is 2. The standard InChI is InChI=1S/C8H18N2O3/c1-3-13-6-4-5-9-8(11)10-7-12-2/h3-7H2,1-2H3,(H2,9,10,11). The highest BCUT2D eigenvalue weighted by atomic mass is 16.5. The van der Waals surface area contributed by atoms with Crippen molar-refractivity contribution in [1.29, 1.82) is 0 Å². The molecule has 0 unspecified atom stereocenters. The third kappa shape index (κ3) is 9.10. The molecule has 0 heterocycles. The first-order valence-corrected chi connectivity index (χ1v) is 4.39. The van der Waals surface area contributed by atoms with Crippen molar-refractivity contribution in [1.82, 2.24) is 10.6 Å². The van der Waals surface area contributed by atoms with Gasteiger partial charge >= 0.3 is 6.03 Å². The van der Waals surface area contributed by atoms with Crippen LogP contribution in [0.25, 0.3) is 0 Å². The molecule has 0 aliphatic rings. The zero-order chi connectivity index (χ0) is 9.94. The summed E-state index contributed by atoms with van der Waals surface area (Å²) in [4.78, 5) is 10.9. The Hall–Kier alpha value is -0.810. The molecule has 0 bridgehead atoms. The van der Waals surface area contributed by atoms with Crippen LogP contribution in [0.3, 0.4) is 0 Å². The van der Waals surface area contributed by atoms with Gasteiger partial charge in [0.15, 0.2) is 0 Å². The monoisotopic (exact) mass is 190 g/mol. The molecule has 5 heteroatoms. The van der Waals surface area contributed by atoms with Crippen molar-refractivity contribution >= 4 is 6.03 Å². The second kappa shape index (κ2) is 9.28. The first-order valence-electron chi connectivity index (χ1n) is 4.39. The van der Waals surface area contributed by atoms with Gasteiger partial charge in [-0.05, 0) is 13.3 Å². The molecule has 0 saturated heterocycles. The van der Waals surface area contributed by atoms with Crippen LogP contribution < -0.4 is 10.6 Å². The van der Waals surface area contributed by atoms with Gasteiger partial charge in [-0.1, -0.05) is 0 Å². The number of nitrogens with one attached hydrogen (secondary N) is 2. The lowest BCUT2D eigenvalue weighted by Crippen LogP contribution is -2.37. The van der Waals surface area contributed by atoms with Crippen molar-refractivity contribution in [2.75, 3.05) is 33.6 Å². The van der Waals surface area contributed by atoms with E-state index in [1.54, 1.807) is 0 Å². The SMILES string of the molecule is CCOCCCNC(=O)NCOC.